The lowest BCUT2D eigenvalue weighted by Gasteiger charge is -2.35. The van der Waals surface area contributed by atoms with Crippen molar-refractivity contribution in [2.75, 3.05) is 26.3 Å². The second kappa shape index (κ2) is 4.83. The van der Waals surface area contributed by atoms with Crippen molar-refractivity contribution in [1.82, 2.24) is 4.90 Å². The second-order valence-corrected chi connectivity index (χ2v) is 5.80. The predicted molar refractivity (Wildman–Crippen MR) is 62.0 cm³/mol. The maximum Gasteiger partial charge on any atom is 0.228 e. The molecular weight excluding hydrogens is 258 g/mol. The average Bonchev–Trinajstić information content (AvgIpc) is 2.74. The van der Waals surface area contributed by atoms with Gasteiger partial charge in [-0.25, -0.2) is 0 Å². The van der Waals surface area contributed by atoms with E-state index in [0.717, 1.165) is 32.5 Å². The Morgan fingerprint density at radius 1 is 1.47 bits per heavy atom. The van der Waals surface area contributed by atoms with Crippen molar-refractivity contribution in [1.29, 1.82) is 0 Å². The van der Waals surface area contributed by atoms with Crippen LogP contribution in [-0.4, -0.2) is 41.9 Å². The Kier molecular flexibility index (Phi) is 3.67. The summed E-state index contributed by atoms with van der Waals surface area (Å²) in [5.74, 6) is 0.993. The molecule has 0 aliphatic carbocycles. The van der Waals surface area contributed by atoms with Crippen LogP contribution in [0.25, 0.3) is 0 Å². The highest BCUT2D eigenvalue weighted by molar-refractivity contribution is 9.09. The Morgan fingerprint density at radius 2 is 2.27 bits per heavy atom. The third-order valence-corrected chi connectivity index (χ3v) is 4.75. The van der Waals surface area contributed by atoms with Crippen LogP contribution in [0.5, 0.6) is 0 Å². The van der Waals surface area contributed by atoms with Crippen molar-refractivity contribution in [2.24, 2.45) is 11.8 Å². The molecule has 2 rings (SSSR count). The summed E-state index contributed by atoms with van der Waals surface area (Å²) in [5, 5.41) is 0. The lowest BCUT2D eigenvalue weighted by atomic mass is 9.98. The number of piperidine rings is 1. The van der Waals surface area contributed by atoms with Gasteiger partial charge in [0.1, 0.15) is 0 Å². The van der Waals surface area contributed by atoms with E-state index in [1.165, 1.54) is 0 Å². The number of hydrogen-bond acceptors (Lipinski definition) is 2. The number of alkyl halides is 1. The SMILES string of the molecule is CC1CN(C(=O)C2CCOC2)CCC1Br. The molecule has 2 heterocycles. The van der Waals surface area contributed by atoms with Gasteiger partial charge in [0.05, 0.1) is 12.5 Å². The van der Waals surface area contributed by atoms with Gasteiger partial charge in [-0.2, -0.15) is 0 Å². The number of ether oxygens (including phenoxy) is 1. The number of likely N-dealkylation sites (tertiary alicyclic amines) is 1. The van der Waals surface area contributed by atoms with E-state index in [1.54, 1.807) is 0 Å². The molecule has 15 heavy (non-hydrogen) atoms. The molecule has 0 aromatic heterocycles. The van der Waals surface area contributed by atoms with Crippen LogP contribution in [0.2, 0.25) is 0 Å². The van der Waals surface area contributed by atoms with E-state index in [-0.39, 0.29) is 5.92 Å². The van der Waals surface area contributed by atoms with Crippen LogP contribution >= 0.6 is 15.9 Å². The average molecular weight is 276 g/mol. The van der Waals surface area contributed by atoms with Crippen LogP contribution in [0.15, 0.2) is 0 Å². The number of halogens is 1. The smallest absolute Gasteiger partial charge is 0.228 e. The Balaban J connectivity index is 1.90. The van der Waals surface area contributed by atoms with Gasteiger partial charge < -0.3 is 9.64 Å². The molecule has 0 saturated carbocycles. The lowest BCUT2D eigenvalue weighted by Crippen LogP contribution is -2.45. The molecule has 3 atom stereocenters. The Morgan fingerprint density at radius 3 is 2.87 bits per heavy atom. The molecule has 0 aromatic rings. The molecule has 3 nitrogen and oxygen atoms in total. The van der Waals surface area contributed by atoms with Crippen molar-refractivity contribution in [3.05, 3.63) is 0 Å². The first-order valence-corrected chi connectivity index (χ1v) is 6.60. The fraction of sp³-hybridized carbons (Fsp3) is 0.909. The van der Waals surface area contributed by atoms with Gasteiger partial charge in [0.25, 0.3) is 0 Å². The van der Waals surface area contributed by atoms with E-state index in [2.05, 4.69) is 22.9 Å². The Bertz CT molecular complexity index is 241. The first-order valence-electron chi connectivity index (χ1n) is 5.69. The minimum Gasteiger partial charge on any atom is -0.381 e. The quantitative estimate of drug-likeness (QED) is 0.682. The van der Waals surface area contributed by atoms with Gasteiger partial charge in [0.2, 0.25) is 5.91 Å². The highest BCUT2D eigenvalue weighted by atomic mass is 79.9. The van der Waals surface area contributed by atoms with Crippen LogP contribution in [0.3, 0.4) is 0 Å². The molecule has 2 fully saturated rings. The summed E-state index contributed by atoms with van der Waals surface area (Å²) < 4.78 is 5.26. The summed E-state index contributed by atoms with van der Waals surface area (Å²) in [7, 11) is 0. The van der Waals surface area contributed by atoms with Crippen molar-refractivity contribution in [3.63, 3.8) is 0 Å². The third kappa shape index (κ3) is 2.53. The molecule has 0 N–H and O–H groups in total. The van der Waals surface area contributed by atoms with E-state index >= 15 is 0 Å². The number of carbonyl (C=O) groups excluding carboxylic acids is 1. The molecule has 86 valence electrons. The molecule has 2 aliphatic heterocycles. The highest BCUT2D eigenvalue weighted by Crippen LogP contribution is 2.25. The Labute approximate surface area is 99.3 Å². The minimum atomic E-state index is 0.129. The van der Waals surface area contributed by atoms with Crippen LogP contribution in [-0.2, 0) is 9.53 Å². The van der Waals surface area contributed by atoms with Gasteiger partial charge in [0, 0.05) is 24.5 Å². The minimum absolute atomic E-state index is 0.129. The molecular formula is C11H18BrNO2. The fourth-order valence-corrected chi connectivity index (χ4v) is 2.68. The molecule has 2 aliphatic rings. The monoisotopic (exact) mass is 275 g/mol. The molecule has 4 heteroatoms. The van der Waals surface area contributed by atoms with Gasteiger partial charge in [-0.15, -0.1) is 0 Å². The van der Waals surface area contributed by atoms with Crippen molar-refractivity contribution >= 4 is 21.8 Å². The molecule has 0 aromatic carbocycles. The molecule has 0 radical (unpaired) electrons. The van der Waals surface area contributed by atoms with Gasteiger partial charge >= 0.3 is 0 Å². The molecule has 3 unspecified atom stereocenters. The van der Waals surface area contributed by atoms with Gasteiger partial charge in [-0.05, 0) is 18.8 Å². The summed E-state index contributed by atoms with van der Waals surface area (Å²) in [4.78, 5) is 14.7. The first-order chi connectivity index (χ1) is 7.18. The topological polar surface area (TPSA) is 29.5 Å². The van der Waals surface area contributed by atoms with E-state index in [1.807, 2.05) is 4.90 Å². The zero-order valence-corrected chi connectivity index (χ0v) is 10.7. The summed E-state index contributed by atoms with van der Waals surface area (Å²) in [6, 6.07) is 0. The molecule has 1 amide bonds. The highest BCUT2D eigenvalue weighted by Gasteiger charge is 2.32. The number of rotatable bonds is 1. The molecule has 0 bridgehead atoms. The molecule has 0 spiro atoms. The predicted octanol–water partition coefficient (Wildman–Crippen LogP) is 1.65. The number of nitrogens with zero attached hydrogens (tertiary/aromatic N) is 1. The maximum atomic E-state index is 12.1. The van der Waals surface area contributed by atoms with Gasteiger partial charge in [-0.1, -0.05) is 22.9 Å². The number of hydrogen-bond donors (Lipinski definition) is 0. The lowest BCUT2D eigenvalue weighted by molar-refractivity contribution is -0.137. The largest absolute Gasteiger partial charge is 0.381 e. The standard InChI is InChI=1S/C11H18BrNO2/c1-8-6-13(4-2-10(8)12)11(14)9-3-5-15-7-9/h8-10H,2-7H2,1H3. The van der Waals surface area contributed by atoms with Crippen LogP contribution in [0, 0.1) is 11.8 Å². The van der Waals surface area contributed by atoms with Gasteiger partial charge in [-0.3, -0.25) is 4.79 Å². The summed E-state index contributed by atoms with van der Waals surface area (Å²) in [5.41, 5.74) is 0. The van der Waals surface area contributed by atoms with Gasteiger partial charge in [0.15, 0.2) is 0 Å². The number of amides is 1. The van der Waals surface area contributed by atoms with Crippen LogP contribution in [0.1, 0.15) is 19.8 Å². The number of carbonyl (C=O) groups is 1. The first kappa shape index (κ1) is 11.4. The zero-order valence-electron chi connectivity index (χ0n) is 9.12. The third-order valence-electron chi connectivity index (χ3n) is 3.39. The van der Waals surface area contributed by atoms with Crippen LogP contribution in [0.4, 0.5) is 0 Å². The van der Waals surface area contributed by atoms with E-state index < -0.39 is 0 Å². The maximum absolute atomic E-state index is 12.1. The zero-order chi connectivity index (χ0) is 10.8. The molecule has 2 saturated heterocycles. The van der Waals surface area contributed by atoms with Crippen LogP contribution < -0.4 is 0 Å². The van der Waals surface area contributed by atoms with Crippen molar-refractivity contribution in [2.45, 2.75) is 24.6 Å². The van der Waals surface area contributed by atoms with Crippen molar-refractivity contribution in [3.8, 4) is 0 Å². The summed E-state index contributed by atoms with van der Waals surface area (Å²) in [6.07, 6.45) is 1.97. The van der Waals surface area contributed by atoms with Crippen molar-refractivity contribution < 1.29 is 9.53 Å². The fourth-order valence-electron chi connectivity index (χ4n) is 2.30. The van der Waals surface area contributed by atoms with E-state index in [9.17, 15) is 4.79 Å². The normalized spacial score (nSPS) is 36.9. The second-order valence-electron chi connectivity index (χ2n) is 4.63. The summed E-state index contributed by atoms with van der Waals surface area (Å²) in [6.45, 7) is 5.37. The Hall–Kier alpha value is -0.0900. The van der Waals surface area contributed by atoms with E-state index in [0.29, 0.717) is 23.3 Å². The summed E-state index contributed by atoms with van der Waals surface area (Å²) >= 11 is 3.65. The van der Waals surface area contributed by atoms with E-state index in [4.69, 9.17) is 4.74 Å².